The maximum atomic E-state index is 12.1. The Balaban J connectivity index is 1.73. The molecule has 0 saturated carbocycles. The van der Waals surface area contributed by atoms with Crippen LogP contribution in [0, 0.1) is 0 Å². The number of carbonyl (C=O) groups is 1. The maximum absolute atomic E-state index is 12.1. The van der Waals surface area contributed by atoms with Crippen molar-refractivity contribution in [2.24, 2.45) is 5.73 Å². The van der Waals surface area contributed by atoms with Gasteiger partial charge in [-0.2, -0.15) is 0 Å². The van der Waals surface area contributed by atoms with E-state index in [-0.39, 0.29) is 12.7 Å². The summed E-state index contributed by atoms with van der Waals surface area (Å²) in [6, 6.07) is 13.8. The van der Waals surface area contributed by atoms with Crippen LogP contribution in [-0.2, 0) is 4.79 Å². The zero-order valence-corrected chi connectivity index (χ0v) is 10.7. The zero-order valence-electron chi connectivity index (χ0n) is 10.7. The van der Waals surface area contributed by atoms with E-state index in [1.807, 2.05) is 30.3 Å². The number of benzene rings is 2. The maximum Gasteiger partial charge on any atom is 0.245 e. The van der Waals surface area contributed by atoms with E-state index in [1.165, 1.54) is 0 Å². The van der Waals surface area contributed by atoms with Gasteiger partial charge in [-0.1, -0.05) is 30.3 Å². The van der Waals surface area contributed by atoms with E-state index >= 15 is 0 Å². The lowest BCUT2D eigenvalue weighted by molar-refractivity contribution is -0.117. The molecule has 0 aliphatic carbocycles. The normalized spacial score (nSPS) is 13.8. The molecule has 1 aliphatic rings. The predicted molar refractivity (Wildman–Crippen MR) is 74.6 cm³/mol. The van der Waals surface area contributed by atoms with Crippen LogP contribution in [0.5, 0.6) is 11.5 Å². The molecule has 20 heavy (non-hydrogen) atoms. The van der Waals surface area contributed by atoms with Gasteiger partial charge in [0, 0.05) is 11.8 Å². The van der Waals surface area contributed by atoms with E-state index in [1.54, 1.807) is 18.2 Å². The van der Waals surface area contributed by atoms with Crippen LogP contribution in [0.2, 0.25) is 0 Å². The third kappa shape index (κ3) is 2.44. The van der Waals surface area contributed by atoms with E-state index in [2.05, 4.69) is 5.32 Å². The summed E-state index contributed by atoms with van der Waals surface area (Å²) in [5.74, 6) is 1.03. The minimum Gasteiger partial charge on any atom is -0.454 e. The first-order valence-electron chi connectivity index (χ1n) is 6.25. The van der Waals surface area contributed by atoms with Gasteiger partial charge >= 0.3 is 0 Å². The van der Waals surface area contributed by atoms with Crippen molar-refractivity contribution in [3.05, 3.63) is 54.1 Å². The van der Waals surface area contributed by atoms with Gasteiger partial charge in [-0.25, -0.2) is 0 Å². The molecule has 0 fully saturated rings. The summed E-state index contributed by atoms with van der Waals surface area (Å²) in [6.45, 7) is 0.205. The van der Waals surface area contributed by atoms with Gasteiger partial charge in [0.25, 0.3) is 0 Å². The second-order valence-corrected chi connectivity index (χ2v) is 4.45. The third-order valence-corrected chi connectivity index (χ3v) is 3.08. The Kier molecular flexibility index (Phi) is 3.26. The first-order valence-corrected chi connectivity index (χ1v) is 6.25. The van der Waals surface area contributed by atoms with Gasteiger partial charge in [-0.05, 0) is 17.7 Å². The molecule has 1 amide bonds. The third-order valence-electron chi connectivity index (χ3n) is 3.08. The second kappa shape index (κ2) is 5.22. The van der Waals surface area contributed by atoms with E-state index < -0.39 is 6.04 Å². The summed E-state index contributed by atoms with van der Waals surface area (Å²) in [5, 5.41) is 2.77. The van der Waals surface area contributed by atoms with Crippen molar-refractivity contribution in [1.82, 2.24) is 0 Å². The van der Waals surface area contributed by atoms with Crippen LogP contribution in [0.25, 0.3) is 0 Å². The lowest BCUT2D eigenvalue weighted by Gasteiger charge is -2.12. The number of fused-ring (bicyclic) bond motifs is 1. The van der Waals surface area contributed by atoms with Crippen molar-refractivity contribution in [3.8, 4) is 11.5 Å². The molecule has 2 aromatic carbocycles. The van der Waals surface area contributed by atoms with Gasteiger partial charge in [0.05, 0.1) is 0 Å². The van der Waals surface area contributed by atoms with E-state index in [4.69, 9.17) is 15.2 Å². The fourth-order valence-corrected chi connectivity index (χ4v) is 2.01. The minimum absolute atomic E-state index is 0.205. The molecule has 0 bridgehead atoms. The number of ether oxygens (including phenoxy) is 2. The first kappa shape index (κ1) is 12.5. The number of carbonyl (C=O) groups excluding carboxylic acids is 1. The molecule has 2 aromatic rings. The summed E-state index contributed by atoms with van der Waals surface area (Å²) in [6.07, 6.45) is 0. The number of amides is 1. The first-order chi connectivity index (χ1) is 9.74. The number of hydrogen-bond donors (Lipinski definition) is 2. The van der Waals surface area contributed by atoms with Gasteiger partial charge in [0.15, 0.2) is 11.5 Å². The predicted octanol–water partition coefficient (Wildman–Crippen LogP) is 2.05. The summed E-state index contributed by atoms with van der Waals surface area (Å²) in [5.41, 5.74) is 7.33. The average Bonchev–Trinajstić information content (AvgIpc) is 2.95. The second-order valence-electron chi connectivity index (χ2n) is 4.45. The van der Waals surface area contributed by atoms with Gasteiger partial charge in [0.1, 0.15) is 6.04 Å². The molecule has 0 spiro atoms. The fourth-order valence-electron chi connectivity index (χ4n) is 2.01. The standard InChI is InChI=1S/C15H14N2O3/c16-14(10-4-2-1-3-5-10)15(18)17-11-6-7-12-13(8-11)20-9-19-12/h1-8,14H,9,16H2,(H,17,18)/t14-/m0/s1. The Morgan fingerprint density at radius 1 is 1.10 bits per heavy atom. The molecule has 5 nitrogen and oxygen atoms in total. The highest BCUT2D eigenvalue weighted by Gasteiger charge is 2.18. The van der Waals surface area contributed by atoms with E-state index in [9.17, 15) is 4.79 Å². The highest BCUT2D eigenvalue weighted by atomic mass is 16.7. The van der Waals surface area contributed by atoms with Crippen molar-refractivity contribution in [1.29, 1.82) is 0 Å². The van der Waals surface area contributed by atoms with Gasteiger partial charge in [-0.3, -0.25) is 4.79 Å². The molecule has 1 heterocycles. The highest BCUT2D eigenvalue weighted by molar-refractivity contribution is 5.95. The molecule has 102 valence electrons. The van der Waals surface area contributed by atoms with Crippen molar-refractivity contribution in [2.45, 2.75) is 6.04 Å². The van der Waals surface area contributed by atoms with Gasteiger partial charge in [0.2, 0.25) is 12.7 Å². The molecular weight excluding hydrogens is 256 g/mol. The van der Waals surface area contributed by atoms with E-state index in [0.29, 0.717) is 17.2 Å². The van der Waals surface area contributed by atoms with Crippen LogP contribution >= 0.6 is 0 Å². The van der Waals surface area contributed by atoms with Crippen LogP contribution in [0.1, 0.15) is 11.6 Å². The molecule has 1 aliphatic heterocycles. The Morgan fingerprint density at radius 2 is 1.85 bits per heavy atom. The molecule has 3 rings (SSSR count). The van der Waals surface area contributed by atoms with Crippen LogP contribution in [-0.4, -0.2) is 12.7 Å². The quantitative estimate of drug-likeness (QED) is 0.895. The molecule has 0 saturated heterocycles. The Morgan fingerprint density at radius 3 is 2.65 bits per heavy atom. The number of rotatable bonds is 3. The van der Waals surface area contributed by atoms with Crippen LogP contribution in [0.4, 0.5) is 5.69 Å². The minimum atomic E-state index is -0.707. The number of nitrogens with two attached hydrogens (primary N) is 1. The lowest BCUT2D eigenvalue weighted by atomic mass is 10.1. The van der Waals surface area contributed by atoms with Crippen LogP contribution in [0.15, 0.2) is 48.5 Å². The fraction of sp³-hybridized carbons (Fsp3) is 0.133. The number of anilines is 1. The highest BCUT2D eigenvalue weighted by Crippen LogP contribution is 2.34. The summed E-state index contributed by atoms with van der Waals surface area (Å²) < 4.78 is 10.5. The zero-order chi connectivity index (χ0) is 13.9. The smallest absolute Gasteiger partial charge is 0.245 e. The van der Waals surface area contributed by atoms with Crippen molar-refractivity contribution in [2.75, 3.05) is 12.1 Å². The largest absolute Gasteiger partial charge is 0.454 e. The molecule has 0 radical (unpaired) electrons. The molecule has 0 unspecified atom stereocenters. The molecule has 1 atom stereocenters. The molecular formula is C15H14N2O3. The summed E-state index contributed by atoms with van der Waals surface area (Å²) in [4.78, 5) is 12.1. The van der Waals surface area contributed by atoms with Crippen LogP contribution < -0.4 is 20.5 Å². The topological polar surface area (TPSA) is 73.6 Å². The van der Waals surface area contributed by atoms with Crippen molar-refractivity contribution in [3.63, 3.8) is 0 Å². The van der Waals surface area contributed by atoms with Crippen LogP contribution in [0.3, 0.4) is 0 Å². The van der Waals surface area contributed by atoms with Crippen molar-refractivity contribution < 1.29 is 14.3 Å². The Labute approximate surface area is 116 Å². The SMILES string of the molecule is N[C@H](C(=O)Nc1ccc2c(c1)OCO2)c1ccccc1. The molecule has 5 heteroatoms. The summed E-state index contributed by atoms with van der Waals surface area (Å²) >= 11 is 0. The molecule has 3 N–H and O–H groups in total. The average molecular weight is 270 g/mol. The van der Waals surface area contributed by atoms with E-state index in [0.717, 1.165) is 5.56 Å². The number of nitrogens with one attached hydrogen (secondary N) is 1. The van der Waals surface area contributed by atoms with Gasteiger partial charge in [-0.15, -0.1) is 0 Å². The lowest BCUT2D eigenvalue weighted by Crippen LogP contribution is -2.27. The Bertz CT molecular complexity index is 628. The van der Waals surface area contributed by atoms with Crippen molar-refractivity contribution >= 4 is 11.6 Å². The summed E-state index contributed by atoms with van der Waals surface area (Å²) in [7, 11) is 0. The number of hydrogen-bond acceptors (Lipinski definition) is 4. The molecule has 0 aromatic heterocycles. The monoisotopic (exact) mass is 270 g/mol. The van der Waals surface area contributed by atoms with Gasteiger partial charge < -0.3 is 20.5 Å². The Hall–Kier alpha value is -2.53.